The number of nitrogens with one attached hydrogen (secondary N) is 2. The molecule has 2 rings (SSSR count). The van der Waals surface area contributed by atoms with Gasteiger partial charge in [0.05, 0.1) is 11.8 Å². The maximum Gasteiger partial charge on any atom is 0.315 e. The van der Waals surface area contributed by atoms with Gasteiger partial charge in [-0.05, 0) is 25.0 Å². The minimum absolute atomic E-state index is 0.109. The summed E-state index contributed by atoms with van der Waals surface area (Å²) in [6, 6.07) is 3.04. The van der Waals surface area contributed by atoms with Crippen LogP contribution in [0.25, 0.3) is 0 Å². The van der Waals surface area contributed by atoms with Gasteiger partial charge < -0.3 is 20.6 Å². The number of aliphatic hydroxyl groups excluding tert-OH is 1. The molecule has 0 bridgehead atoms. The van der Waals surface area contributed by atoms with Crippen LogP contribution in [0.4, 0.5) is 19.3 Å². The molecule has 1 heterocycles. The van der Waals surface area contributed by atoms with E-state index in [-0.39, 0.29) is 18.6 Å². The van der Waals surface area contributed by atoms with E-state index in [2.05, 4.69) is 10.6 Å². The van der Waals surface area contributed by atoms with Gasteiger partial charge in [0.2, 0.25) is 0 Å². The number of urea groups is 1. The van der Waals surface area contributed by atoms with Crippen molar-refractivity contribution in [2.75, 3.05) is 24.5 Å². The van der Waals surface area contributed by atoms with Crippen molar-refractivity contribution in [1.82, 2.24) is 10.6 Å². The summed E-state index contributed by atoms with van der Waals surface area (Å²) in [6.45, 7) is 3.23. The smallest absolute Gasteiger partial charge is 0.315 e. The van der Waals surface area contributed by atoms with Crippen LogP contribution in [0.15, 0.2) is 18.2 Å². The summed E-state index contributed by atoms with van der Waals surface area (Å²) in [6.07, 6.45) is 1.63. The molecule has 2 atom stereocenters. The van der Waals surface area contributed by atoms with E-state index in [1.807, 2.05) is 6.92 Å². The lowest BCUT2D eigenvalue weighted by atomic mass is 10.2. The first-order chi connectivity index (χ1) is 11.0. The van der Waals surface area contributed by atoms with Crippen LogP contribution in [-0.2, 0) is 0 Å². The van der Waals surface area contributed by atoms with E-state index in [0.29, 0.717) is 31.6 Å². The zero-order valence-corrected chi connectivity index (χ0v) is 13.2. The van der Waals surface area contributed by atoms with Crippen molar-refractivity contribution in [2.24, 2.45) is 0 Å². The summed E-state index contributed by atoms with van der Waals surface area (Å²) in [5.41, 5.74) is 0.342. The Kier molecular flexibility index (Phi) is 6.15. The van der Waals surface area contributed by atoms with Crippen molar-refractivity contribution in [3.8, 4) is 0 Å². The van der Waals surface area contributed by atoms with Gasteiger partial charge in [-0.2, -0.15) is 0 Å². The number of hydrogen-bond acceptors (Lipinski definition) is 3. The summed E-state index contributed by atoms with van der Waals surface area (Å²) in [7, 11) is 0. The van der Waals surface area contributed by atoms with Gasteiger partial charge in [0.25, 0.3) is 0 Å². The van der Waals surface area contributed by atoms with Gasteiger partial charge in [-0.1, -0.05) is 13.3 Å². The molecule has 128 valence electrons. The van der Waals surface area contributed by atoms with Crippen LogP contribution in [-0.4, -0.2) is 42.9 Å². The Bertz CT molecular complexity index is 542. The molecule has 2 amide bonds. The van der Waals surface area contributed by atoms with Gasteiger partial charge >= 0.3 is 6.03 Å². The molecule has 2 unspecified atom stereocenters. The number of halogens is 2. The van der Waals surface area contributed by atoms with E-state index < -0.39 is 17.7 Å². The molecule has 1 aromatic rings. The molecular weight excluding hydrogens is 304 g/mol. The third-order valence-electron chi connectivity index (χ3n) is 3.89. The van der Waals surface area contributed by atoms with Gasteiger partial charge in [0.15, 0.2) is 0 Å². The van der Waals surface area contributed by atoms with Crippen molar-refractivity contribution < 1.29 is 18.7 Å². The minimum Gasteiger partial charge on any atom is -0.391 e. The Balaban J connectivity index is 1.80. The van der Waals surface area contributed by atoms with E-state index in [4.69, 9.17) is 0 Å². The van der Waals surface area contributed by atoms with Gasteiger partial charge in [-0.25, -0.2) is 13.6 Å². The first kappa shape index (κ1) is 17.5. The molecule has 7 heteroatoms. The quantitative estimate of drug-likeness (QED) is 0.749. The zero-order chi connectivity index (χ0) is 16.8. The zero-order valence-electron chi connectivity index (χ0n) is 13.2. The molecule has 1 aliphatic rings. The number of anilines is 1. The summed E-state index contributed by atoms with van der Waals surface area (Å²) < 4.78 is 26.7. The van der Waals surface area contributed by atoms with E-state index >= 15 is 0 Å². The van der Waals surface area contributed by atoms with Gasteiger partial charge in [0.1, 0.15) is 11.6 Å². The largest absolute Gasteiger partial charge is 0.391 e. The van der Waals surface area contributed by atoms with Crippen molar-refractivity contribution >= 4 is 11.7 Å². The number of benzene rings is 1. The number of rotatable bonds is 6. The van der Waals surface area contributed by atoms with Crippen molar-refractivity contribution in [2.45, 2.75) is 38.3 Å². The summed E-state index contributed by atoms with van der Waals surface area (Å²) in [4.78, 5) is 13.6. The van der Waals surface area contributed by atoms with E-state index in [1.54, 1.807) is 4.90 Å². The van der Waals surface area contributed by atoms with E-state index in [0.717, 1.165) is 12.5 Å². The van der Waals surface area contributed by atoms with Gasteiger partial charge in [-0.3, -0.25) is 0 Å². The number of amides is 2. The molecule has 1 saturated heterocycles. The normalized spacial score (nSPS) is 18.8. The van der Waals surface area contributed by atoms with Crippen LogP contribution in [0.5, 0.6) is 0 Å². The molecule has 0 saturated carbocycles. The fraction of sp³-hybridized carbons (Fsp3) is 0.562. The fourth-order valence-corrected chi connectivity index (χ4v) is 2.72. The fourth-order valence-electron chi connectivity index (χ4n) is 2.72. The minimum atomic E-state index is -0.606. The Labute approximate surface area is 134 Å². The Morgan fingerprint density at radius 1 is 1.48 bits per heavy atom. The van der Waals surface area contributed by atoms with Crippen LogP contribution >= 0.6 is 0 Å². The molecule has 1 aromatic carbocycles. The second-order valence-corrected chi connectivity index (χ2v) is 5.82. The molecule has 0 spiro atoms. The lowest BCUT2D eigenvalue weighted by Gasteiger charge is -2.20. The van der Waals surface area contributed by atoms with Gasteiger partial charge in [0, 0.05) is 31.7 Å². The van der Waals surface area contributed by atoms with Crippen LogP contribution in [0, 0.1) is 11.6 Å². The van der Waals surface area contributed by atoms with Crippen molar-refractivity contribution in [3.05, 3.63) is 29.8 Å². The lowest BCUT2D eigenvalue weighted by Crippen LogP contribution is -2.45. The molecular formula is C16H23F2N3O2. The first-order valence-corrected chi connectivity index (χ1v) is 7.92. The average molecular weight is 327 g/mol. The Hall–Kier alpha value is -1.89. The van der Waals surface area contributed by atoms with Crippen LogP contribution < -0.4 is 15.5 Å². The highest BCUT2D eigenvalue weighted by molar-refractivity contribution is 5.74. The number of aliphatic hydroxyl groups is 1. The summed E-state index contributed by atoms with van der Waals surface area (Å²) in [5, 5.41) is 15.0. The first-order valence-electron chi connectivity index (χ1n) is 7.92. The molecule has 0 radical (unpaired) electrons. The lowest BCUT2D eigenvalue weighted by molar-refractivity contribution is 0.160. The third-order valence-corrected chi connectivity index (χ3v) is 3.89. The highest BCUT2D eigenvalue weighted by atomic mass is 19.1. The number of hydrogen-bond donors (Lipinski definition) is 3. The van der Waals surface area contributed by atoms with Crippen LogP contribution in [0.1, 0.15) is 26.2 Å². The Morgan fingerprint density at radius 3 is 2.96 bits per heavy atom. The molecule has 1 fully saturated rings. The molecule has 3 N–H and O–H groups in total. The highest BCUT2D eigenvalue weighted by Crippen LogP contribution is 2.24. The molecule has 5 nitrogen and oxygen atoms in total. The number of carbonyl (C=O) groups excluding carboxylic acids is 1. The van der Waals surface area contributed by atoms with E-state index in [1.165, 1.54) is 12.1 Å². The maximum absolute atomic E-state index is 13.8. The molecule has 23 heavy (non-hydrogen) atoms. The topological polar surface area (TPSA) is 64.6 Å². The maximum atomic E-state index is 13.8. The standard InChI is InChI=1S/C16H23F2N3O2/c1-2-3-13(22)9-19-16(23)20-12-6-7-21(10-12)15-5-4-11(17)8-14(15)18/h4-5,8,12-13,22H,2-3,6-7,9-10H2,1H3,(H2,19,20,23). The predicted molar refractivity (Wildman–Crippen MR) is 84.4 cm³/mol. The SMILES string of the molecule is CCCC(O)CNC(=O)NC1CCN(c2ccc(F)cc2F)C1. The van der Waals surface area contributed by atoms with Crippen LogP contribution in [0.2, 0.25) is 0 Å². The van der Waals surface area contributed by atoms with Crippen molar-refractivity contribution in [1.29, 1.82) is 0 Å². The molecule has 1 aliphatic heterocycles. The predicted octanol–water partition coefficient (Wildman–Crippen LogP) is 2.00. The number of nitrogens with zero attached hydrogens (tertiary/aromatic N) is 1. The monoisotopic (exact) mass is 327 g/mol. The van der Waals surface area contributed by atoms with Gasteiger partial charge in [-0.15, -0.1) is 0 Å². The molecule has 0 aromatic heterocycles. The van der Waals surface area contributed by atoms with Crippen molar-refractivity contribution in [3.63, 3.8) is 0 Å². The summed E-state index contributed by atoms with van der Waals surface area (Å²) >= 11 is 0. The van der Waals surface area contributed by atoms with E-state index in [9.17, 15) is 18.7 Å². The van der Waals surface area contributed by atoms with Crippen LogP contribution in [0.3, 0.4) is 0 Å². The Morgan fingerprint density at radius 2 is 2.26 bits per heavy atom. The molecule has 0 aliphatic carbocycles. The second-order valence-electron chi connectivity index (χ2n) is 5.82. The highest BCUT2D eigenvalue weighted by Gasteiger charge is 2.25. The third kappa shape index (κ3) is 5.06. The summed E-state index contributed by atoms with van der Waals surface area (Å²) in [5.74, 6) is -1.21. The average Bonchev–Trinajstić information content (AvgIpc) is 2.93. The second kappa shape index (κ2) is 8.10. The number of carbonyl (C=O) groups is 1.